The van der Waals surface area contributed by atoms with E-state index in [-0.39, 0.29) is 0 Å². The third-order valence-corrected chi connectivity index (χ3v) is 4.03. The Labute approximate surface area is 113 Å². The van der Waals surface area contributed by atoms with Crippen LogP contribution in [0.25, 0.3) is 0 Å². The fourth-order valence-electron chi connectivity index (χ4n) is 2.56. The van der Waals surface area contributed by atoms with Gasteiger partial charge in [-0.1, -0.05) is 17.7 Å². The molecular formula is C15H19ClO2. The number of benzene rings is 1. The average molecular weight is 267 g/mol. The molecule has 1 aliphatic carbocycles. The van der Waals surface area contributed by atoms with E-state index in [4.69, 9.17) is 11.6 Å². The molecule has 1 aromatic rings. The summed E-state index contributed by atoms with van der Waals surface area (Å²) in [5.41, 5.74) is 2.87. The van der Waals surface area contributed by atoms with Gasteiger partial charge >= 0.3 is 5.97 Å². The van der Waals surface area contributed by atoms with Gasteiger partial charge in [-0.3, -0.25) is 4.79 Å². The molecule has 1 aromatic carbocycles. The molecule has 0 heterocycles. The quantitative estimate of drug-likeness (QED) is 0.902. The molecule has 0 bridgehead atoms. The van der Waals surface area contributed by atoms with Crippen molar-refractivity contribution in [2.24, 2.45) is 5.41 Å². The smallest absolute Gasteiger partial charge is 0.309 e. The first-order valence-corrected chi connectivity index (χ1v) is 6.81. The van der Waals surface area contributed by atoms with E-state index in [9.17, 15) is 9.90 Å². The lowest BCUT2D eigenvalue weighted by Gasteiger charge is -2.22. The van der Waals surface area contributed by atoms with E-state index in [1.807, 2.05) is 6.07 Å². The van der Waals surface area contributed by atoms with Gasteiger partial charge in [-0.05, 0) is 68.7 Å². The Morgan fingerprint density at radius 3 is 2.67 bits per heavy atom. The lowest BCUT2D eigenvalue weighted by Crippen LogP contribution is -2.26. The molecule has 0 saturated heterocycles. The van der Waals surface area contributed by atoms with Crippen LogP contribution in [-0.2, 0) is 24.1 Å². The molecule has 0 unspecified atom stereocenters. The number of aryl methyl sites for hydroxylation is 1. The molecule has 0 fully saturated rings. The SMILES string of the molecule is CC(C)(Cc1cc(Cl)c2c(c1)CCCC2)C(=O)O. The second kappa shape index (κ2) is 4.93. The maximum atomic E-state index is 11.2. The molecule has 3 heteroatoms. The Balaban J connectivity index is 2.30. The van der Waals surface area contributed by atoms with Crippen LogP contribution in [-0.4, -0.2) is 11.1 Å². The van der Waals surface area contributed by atoms with Gasteiger partial charge in [0.25, 0.3) is 0 Å². The molecule has 0 amide bonds. The minimum Gasteiger partial charge on any atom is -0.481 e. The average Bonchev–Trinajstić information content (AvgIpc) is 2.28. The highest BCUT2D eigenvalue weighted by Crippen LogP contribution is 2.32. The zero-order valence-electron chi connectivity index (χ0n) is 10.9. The van der Waals surface area contributed by atoms with Crippen LogP contribution in [0.2, 0.25) is 5.02 Å². The Bertz CT molecular complexity index is 478. The molecular weight excluding hydrogens is 248 g/mol. The molecule has 0 radical (unpaired) electrons. The van der Waals surface area contributed by atoms with Crippen LogP contribution < -0.4 is 0 Å². The summed E-state index contributed by atoms with van der Waals surface area (Å²) < 4.78 is 0. The van der Waals surface area contributed by atoms with Crippen LogP contribution in [0.1, 0.15) is 43.4 Å². The number of hydrogen-bond donors (Lipinski definition) is 1. The van der Waals surface area contributed by atoms with Crippen molar-refractivity contribution in [3.05, 3.63) is 33.8 Å². The summed E-state index contributed by atoms with van der Waals surface area (Å²) in [5.74, 6) is -0.767. The maximum absolute atomic E-state index is 11.2. The van der Waals surface area contributed by atoms with E-state index in [1.165, 1.54) is 24.0 Å². The zero-order valence-corrected chi connectivity index (χ0v) is 11.7. The number of carboxylic acids is 1. The van der Waals surface area contributed by atoms with E-state index in [2.05, 4.69) is 6.07 Å². The third kappa shape index (κ3) is 2.69. The van der Waals surface area contributed by atoms with Crippen molar-refractivity contribution in [2.45, 2.75) is 46.0 Å². The highest BCUT2D eigenvalue weighted by atomic mass is 35.5. The normalized spacial score (nSPS) is 15.3. The summed E-state index contributed by atoms with van der Waals surface area (Å²) in [5, 5.41) is 9.99. The number of carbonyl (C=O) groups is 1. The fraction of sp³-hybridized carbons (Fsp3) is 0.533. The lowest BCUT2D eigenvalue weighted by atomic mass is 9.83. The summed E-state index contributed by atoms with van der Waals surface area (Å²) in [6.45, 7) is 3.51. The van der Waals surface area contributed by atoms with Crippen molar-refractivity contribution in [1.82, 2.24) is 0 Å². The van der Waals surface area contributed by atoms with E-state index < -0.39 is 11.4 Å². The predicted octanol–water partition coefficient (Wildman–Crippen LogP) is 3.87. The molecule has 0 saturated carbocycles. The highest BCUT2D eigenvalue weighted by molar-refractivity contribution is 6.31. The summed E-state index contributed by atoms with van der Waals surface area (Å²) in [4.78, 5) is 11.2. The molecule has 2 nitrogen and oxygen atoms in total. The van der Waals surface area contributed by atoms with E-state index in [1.54, 1.807) is 13.8 Å². The van der Waals surface area contributed by atoms with Crippen LogP contribution in [0.5, 0.6) is 0 Å². The number of halogens is 1. The fourth-order valence-corrected chi connectivity index (χ4v) is 2.92. The van der Waals surface area contributed by atoms with Crippen molar-refractivity contribution >= 4 is 17.6 Å². The molecule has 1 N–H and O–H groups in total. The van der Waals surface area contributed by atoms with Crippen LogP contribution in [0.3, 0.4) is 0 Å². The molecule has 18 heavy (non-hydrogen) atoms. The van der Waals surface area contributed by atoms with Crippen LogP contribution in [0.4, 0.5) is 0 Å². The van der Waals surface area contributed by atoms with Crippen molar-refractivity contribution in [3.63, 3.8) is 0 Å². The van der Waals surface area contributed by atoms with Crippen LogP contribution in [0, 0.1) is 5.41 Å². The van der Waals surface area contributed by atoms with Gasteiger partial charge in [0.15, 0.2) is 0 Å². The van der Waals surface area contributed by atoms with Crippen LogP contribution >= 0.6 is 11.6 Å². The molecule has 2 rings (SSSR count). The molecule has 0 spiro atoms. The number of aliphatic carboxylic acids is 1. The molecule has 98 valence electrons. The van der Waals surface area contributed by atoms with Gasteiger partial charge in [0.2, 0.25) is 0 Å². The van der Waals surface area contributed by atoms with Gasteiger partial charge in [0, 0.05) is 5.02 Å². The van der Waals surface area contributed by atoms with Crippen molar-refractivity contribution in [3.8, 4) is 0 Å². The second-order valence-corrected chi connectivity index (χ2v) is 6.20. The predicted molar refractivity (Wildman–Crippen MR) is 73.2 cm³/mol. The first-order valence-electron chi connectivity index (χ1n) is 6.44. The highest BCUT2D eigenvalue weighted by Gasteiger charge is 2.28. The van der Waals surface area contributed by atoms with Gasteiger partial charge in [0.1, 0.15) is 0 Å². The Hall–Kier alpha value is -1.02. The van der Waals surface area contributed by atoms with Crippen LogP contribution in [0.15, 0.2) is 12.1 Å². The van der Waals surface area contributed by atoms with Gasteiger partial charge in [-0.25, -0.2) is 0 Å². The summed E-state index contributed by atoms with van der Waals surface area (Å²) in [6.07, 6.45) is 5.05. The summed E-state index contributed by atoms with van der Waals surface area (Å²) >= 11 is 6.31. The van der Waals surface area contributed by atoms with Gasteiger partial charge < -0.3 is 5.11 Å². The van der Waals surface area contributed by atoms with Gasteiger partial charge in [0.05, 0.1) is 5.41 Å². The summed E-state index contributed by atoms with van der Waals surface area (Å²) in [6, 6.07) is 4.08. The third-order valence-electron chi connectivity index (χ3n) is 3.70. The first kappa shape index (κ1) is 13.4. The van der Waals surface area contributed by atoms with Crippen molar-refractivity contribution in [1.29, 1.82) is 0 Å². The minimum absolute atomic E-state index is 0.523. The van der Waals surface area contributed by atoms with E-state index >= 15 is 0 Å². The lowest BCUT2D eigenvalue weighted by molar-refractivity contribution is -0.146. The van der Waals surface area contributed by atoms with Gasteiger partial charge in [-0.2, -0.15) is 0 Å². The number of fused-ring (bicyclic) bond motifs is 1. The minimum atomic E-state index is -0.767. The largest absolute Gasteiger partial charge is 0.481 e. The monoisotopic (exact) mass is 266 g/mol. The number of hydrogen-bond acceptors (Lipinski definition) is 1. The first-order chi connectivity index (χ1) is 8.40. The standard InChI is InChI=1S/C15H19ClO2/c1-15(2,14(17)18)9-10-7-11-5-3-4-6-12(11)13(16)8-10/h7-8H,3-6,9H2,1-2H3,(H,17,18). The van der Waals surface area contributed by atoms with Crippen molar-refractivity contribution < 1.29 is 9.90 Å². The molecule has 0 aliphatic heterocycles. The molecule has 0 atom stereocenters. The molecule has 0 aromatic heterocycles. The topological polar surface area (TPSA) is 37.3 Å². The Morgan fingerprint density at radius 2 is 2.00 bits per heavy atom. The maximum Gasteiger partial charge on any atom is 0.309 e. The second-order valence-electron chi connectivity index (χ2n) is 5.79. The molecule has 1 aliphatic rings. The Kier molecular flexibility index (Phi) is 3.67. The number of rotatable bonds is 3. The summed E-state index contributed by atoms with van der Waals surface area (Å²) in [7, 11) is 0. The van der Waals surface area contributed by atoms with E-state index in [0.29, 0.717) is 6.42 Å². The van der Waals surface area contributed by atoms with Gasteiger partial charge in [-0.15, -0.1) is 0 Å². The Morgan fingerprint density at radius 1 is 1.33 bits per heavy atom. The van der Waals surface area contributed by atoms with E-state index in [0.717, 1.165) is 23.4 Å². The van der Waals surface area contributed by atoms with Crippen molar-refractivity contribution in [2.75, 3.05) is 0 Å². The zero-order chi connectivity index (χ0) is 13.3. The number of carboxylic acid groups (broad SMARTS) is 1.